The van der Waals surface area contributed by atoms with E-state index in [0.717, 1.165) is 12.8 Å². The molecule has 1 aromatic rings. The highest BCUT2D eigenvalue weighted by atomic mass is 16.2. The molecule has 1 amide bonds. The summed E-state index contributed by atoms with van der Waals surface area (Å²) in [6.07, 6.45) is 8.09. The fourth-order valence-corrected chi connectivity index (χ4v) is 1.63. The van der Waals surface area contributed by atoms with Crippen LogP contribution in [0.3, 0.4) is 0 Å². The van der Waals surface area contributed by atoms with Crippen molar-refractivity contribution in [1.29, 1.82) is 0 Å². The first-order valence-corrected chi connectivity index (χ1v) is 6.24. The summed E-state index contributed by atoms with van der Waals surface area (Å²) in [6.45, 7) is 0.599. The number of carbonyl (C=O) groups excluding carboxylic acids is 1. The third-order valence-corrected chi connectivity index (χ3v) is 2.72. The number of aryl methyl sites for hydroxylation is 1. The van der Waals surface area contributed by atoms with Crippen LogP contribution >= 0.6 is 0 Å². The minimum Gasteiger partial charge on any atom is -0.355 e. The largest absolute Gasteiger partial charge is 0.355 e. The van der Waals surface area contributed by atoms with Crippen LogP contribution in [0.5, 0.6) is 0 Å². The van der Waals surface area contributed by atoms with Gasteiger partial charge in [0.05, 0.1) is 6.04 Å². The number of amides is 1. The van der Waals surface area contributed by atoms with Gasteiger partial charge in [-0.25, -0.2) is 0 Å². The summed E-state index contributed by atoms with van der Waals surface area (Å²) in [7, 11) is 0. The molecule has 0 saturated heterocycles. The van der Waals surface area contributed by atoms with Crippen LogP contribution in [0.15, 0.2) is 30.3 Å². The molecule has 3 heteroatoms. The number of hydrogen-bond acceptors (Lipinski definition) is 2. The van der Waals surface area contributed by atoms with Crippen LogP contribution in [-0.4, -0.2) is 18.5 Å². The van der Waals surface area contributed by atoms with Gasteiger partial charge in [0.2, 0.25) is 5.91 Å². The number of benzene rings is 1. The second kappa shape index (κ2) is 8.32. The van der Waals surface area contributed by atoms with E-state index in [0.29, 0.717) is 19.4 Å². The van der Waals surface area contributed by atoms with E-state index in [-0.39, 0.29) is 5.91 Å². The molecule has 0 aliphatic heterocycles. The first kappa shape index (κ1) is 14.3. The average Bonchev–Trinajstić information content (AvgIpc) is 2.42. The fraction of sp³-hybridized carbons (Fsp3) is 0.400. The summed E-state index contributed by atoms with van der Waals surface area (Å²) in [5, 5.41) is 2.79. The van der Waals surface area contributed by atoms with E-state index in [1.807, 2.05) is 30.3 Å². The van der Waals surface area contributed by atoms with E-state index in [4.69, 9.17) is 12.2 Å². The molecule has 96 valence electrons. The van der Waals surface area contributed by atoms with Crippen LogP contribution < -0.4 is 11.1 Å². The number of hydrogen-bond donors (Lipinski definition) is 2. The highest BCUT2D eigenvalue weighted by Gasteiger charge is 2.12. The molecule has 0 saturated carbocycles. The minimum atomic E-state index is -0.448. The third kappa shape index (κ3) is 5.51. The van der Waals surface area contributed by atoms with E-state index in [2.05, 4.69) is 11.2 Å². The van der Waals surface area contributed by atoms with E-state index < -0.39 is 6.04 Å². The molecule has 0 aliphatic carbocycles. The molecule has 3 N–H and O–H groups in total. The van der Waals surface area contributed by atoms with Gasteiger partial charge in [-0.15, -0.1) is 12.3 Å². The van der Waals surface area contributed by atoms with Crippen molar-refractivity contribution in [2.24, 2.45) is 5.73 Å². The standard InChI is InChI=1S/C15H20N2O/c1-2-3-7-12-17-15(18)14(16)11-10-13-8-5-4-6-9-13/h1,4-6,8-9,14H,3,7,10-12,16H2,(H,17,18)/t14-/m0/s1. The summed E-state index contributed by atoms with van der Waals surface area (Å²) < 4.78 is 0. The quantitative estimate of drug-likeness (QED) is 0.564. The zero-order chi connectivity index (χ0) is 13.2. The second-order valence-electron chi connectivity index (χ2n) is 4.23. The maximum atomic E-state index is 11.6. The normalized spacial score (nSPS) is 11.6. The van der Waals surface area contributed by atoms with Crippen LogP contribution in [0.4, 0.5) is 0 Å². The lowest BCUT2D eigenvalue weighted by Gasteiger charge is -2.11. The van der Waals surface area contributed by atoms with E-state index >= 15 is 0 Å². The summed E-state index contributed by atoms with van der Waals surface area (Å²) in [5.41, 5.74) is 7.03. The Hall–Kier alpha value is -1.79. The average molecular weight is 244 g/mol. The van der Waals surface area contributed by atoms with Gasteiger partial charge >= 0.3 is 0 Å². The van der Waals surface area contributed by atoms with Crippen molar-refractivity contribution in [3.05, 3.63) is 35.9 Å². The summed E-state index contributed by atoms with van der Waals surface area (Å²) in [4.78, 5) is 11.6. The number of carbonyl (C=O) groups is 1. The molecule has 0 heterocycles. The number of nitrogens with one attached hydrogen (secondary N) is 1. The van der Waals surface area contributed by atoms with Gasteiger partial charge in [-0.05, 0) is 24.8 Å². The lowest BCUT2D eigenvalue weighted by molar-refractivity contribution is -0.122. The van der Waals surface area contributed by atoms with Crippen molar-refractivity contribution in [3.63, 3.8) is 0 Å². The zero-order valence-corrected chi connectivity index (χ0v) is 10.6. The number of unbranched alkanes of at least 4 members (excludes halogenated alkanes) is 1. The number of rotatable bonds is 7. The molecule has 0 unspecified atom stereocenters. The molecule has 18 heavy (non-hydrogen) atoms. The molecule has 0 fully saturated rings. The Kier molecular flexibility index (Phi) is 6.60. The van der Waals surface area contributed by atoms with E-state index in [9.17, 15) is 4.79 Å². The molecule has 0 radical (unpaired) electrons. The summed E-state index contributed by atoms with van der Waals surface area (Å²) in [6, 6.07) is 9.58. The van der Waals surface area contributed by atoms with Gasteiger partial charge < -0.3 is 11.1 Å². The first-order valence-electron chi connectivity index (χ1n) is 6.24. The minimum absolute atomic E-state index is 0.0945. The van der Waals surface area contributed by atoms with Crippen molar-refractivity contribution in [3.8, 4) is 12.3 Å². The topological polar surface area (TPSA) is 55.1 Å². The third-order valence-electron chi connectivity index (χ3n) is 2.72. The maximum Gasteiger partial charge on any atom is 0.236 e. The van der Waals surface area contributed by atoms with Gasteiger partial charge in [0.15, 0.2) is 0 Å². The summed E-state index contributed by atoms with van der Waals surface area (Å²) >= 11 is 0. The van der Waals surface area contributed by atoms with Crippen molar-refractivity contribution >= 4 is 5.91 Å². The van der Waals surface area contributed by atoms with E-state index in [1.165, 1.54) is 5.56 Å². The molecule has 3 nitrogen and oxygen atoms in total. The van der Waals surface area contributed by atoms with Gasteiger partial charge in [0.1, 0.15) is 0 Å². The Balaban J connectivity index is 2.22. The highest BCUT2D eigenvalue weighted by molar-refractivity contribution is 5.81. The molecule has 0 aliphatic rings. The lowest BCUT2D eigenvalue weighted by atomic mass is 10.1. The molecule has 1 rings (SSSR count). The highest BCUT2D eigenvalue weighted by Crippen LogP contribution is 2.04. The predicted octanol–water partition coefficient (Wildman–Crippen LogP) is 1.48. The van der Waals surface area contributed by atoms with Crippen LogP contribution in [-0.2, 0) is 11.2 Å². The monoisotopic (exact) mass is 244 g/mol. The Morgan fingerprint density at radius 2 is 2.11 bits per heavy atom. The van der Waals surface area contributed by atoms with Crippen LogP contribution in [0.2, 0.25) is 0 Å². The molecule has 1 atom stereocenters. The molecule has 0 spiro atoms. The maximum absolute atomic E-state index is 11.6. The van der Waals surface area contributed by atoms with Gasteiger partial charge in [0.25, 0.3) is 0 Å². The van der Waals surface area contributed by atoms with Gasteiger partial charge in [0, 0.05) is 13.0 Å². The Morgan fingerprint density at radius 1 is 1.39 bits per heavy atom. The van der Waals surface area contributed by atoms with Crippen molar-refractivity contribution in [1.82, 2.24) is 5.32 Å². The smallest absolute Gasteiger partial charge is 0.236 e. The molecular weight excluding hydrogens is 224 g/mol. The van der Waals surface area contributed by atoms with E-state index in [1.54, 1.807) is 0 Å². The van der Waals surface area contributed by atoms with Gasteiger partial charge in [-0.2, -0.15) is 0 Å². The Morgan fingerprint density at radius 3 is 2.78 bits per heavy atom. The number of terminal acetylenes is 1. The van der Waals surface area contributed by atoms with Gasteiger partial charge in [-0.3, -0.25) is 4.79 Å². The molecule has 0 aromatic heterocycles. The molecular formula is C15H20N2O. The number of nitrogens with two attached hydrogens (primary N) is 1. The Labute approximate surface area is 109 Å². The summed E-state index contributed by atoms with van der Waals surface area (Å²) in [5.74, 6) is 2.44. The zero-order valence-electron chi connectivity index (χ0n) is 10.6. The van der Waals surface area contributed by atoms with Crippen LogP contribution in [0.1, 0.15) is 24.8 Å². The predicted molar refractivity (Wildman–Crippen MR) is 73.8 cm³/mol. The van der Waals surface area contributed by atoms with Crippen molar-refractivity contribution in [2.45, 2.75) is 31.7 Å². The van der Waals surface area contributed by atoms with Gasteiger partial charge in [-0.1, -0.05) is 30.3 Å². The molecule has 1 aromatic carbocycles. The fourth-order valence-electron chi connectivity index (χ4n) is 1.63. The van der Waals surface area contributed by atoms with Crippen LogP contribution in [0.25, 0.3) is 0 Å². The van der Waals surface area contributed by atoms with Crippen molar-refractivity contribution in [2.75, 3.05) is 6.54 Å². The lowest BCUT2D eigenvalue weighted by Crippen LogP contribution is -2.41. The van der Waals surface area contributed by atoms with Crippen LogP contribution in [0, 0.1) is 12.3 Å². The van der Waals surface area contributed by atoms with Crippen molar-refractivity contribution < 1.29 is 4.79 Å². The Bertz CT molecular complexity index is 395. The first-order chi connectivity index (χ1) is 8.74. The molecule has 0 bridgehead atoms. The SMILES string of the molecule is C#CCCCNC(=O)[C@@H](N)CCc1ccccc1. The second-order valence-corrected chi connectivity index (χ2v) is 4.23.